The number of ether oxygens (including phenoxy) is 4. The Balaban J connectivity index is 1.68. The van der Waals surface area contributed by atoms with Gasteiger partial charge in [-0.15, -0.1) is 0 Å². The number of benzene rings is 3. The third-order valence-corrected chi connectivity index (χ3v) is 6.11. The van der Waals surface area contributed by atoms with Crippen molar-refractivity contribution in [2.24, 2.45) is 0 Å². The number of nitrogens with one attached hydrogen (secondary N) is 1. The molecular formula is C28H24BrN3O7. The van der Waals surface area contributed by atoms with Gasteiger partial charge in [-0.3, -0.25) is 4.79 Å². The molecule has 0 aliphatic carbocycles. The number of nitrogens with zero attached hydrogens (tertiary/aromatic N) is 2. The first-order valence-electron chi connectivity index (χ1n) is 11.6. The predicted molar refractivity (Wildman–Crippen MR) is 146 cm³/mol. The summed E-state index contributed by atoms with van der Waals surface area (Å²) in [6.45, 7) is -0.270. The van der Waals surface area contributed by atoms with Crippen LogP contribution in [0.2, 0.25) is 0 Å². The van der Waals surface area contributed by atoms with Gasteiger partial charge in [0.1, 0.15) is 11.3 Å². The van der Waals surface area contributed by atoms with Crippen LogP contribution in [0.5, 0.6) is 11.5 Å². The van der Waals surface area contributed by atoms with Crippen LogP contribution in [0.4, 0.5) is 5.69 Å². The fourth-order valence-corrected chi connectivity index (χ4v) is 4.03. The van der Waals surface area contributed by atoms with Crippen LogP contribution in [-0.2, 0) is 14.3 Å². The van der Waals surface area contributed by atoms with Crippen molar-refractivity contribution in [2.45, 2.75) is 0 Å². The average molecular weight is 594 g/mol. The lowest BCUT2D eigenvalue weighted by molar-refractivity contribution is -0.118. The SMILES string of the molecule is COC(=O)c1c(-c2ccc(OCC(=O)Nc3ccc(Br)cc3)c(OC)c2)nn(-c2ccccc2)c1C(=O)OC. The van der Waals surface area contributed by atoms with E-state index in [0.717, 1.165) is 4.47 Å². The molecule has 0 bridgehead atoms. The highest BCUT2D eigenvalue weighted by Crippen LogP contribution is 2.35. The van der Waals surface area contributed by atoms with Crippen molar-refractivity contribution in [2.75, 3.05) is 33.3 Å². The molecule has 0 saturated heterocycles. The molecule has 1 amide bonds. The number of rotatable bonds is 9. The van der Waals surface area contributed by atoms with Crippen molar-refractivity contribution in [1.29, 1.82) is 0 Å². The topological polar surface area (TPSA) is 118 Å². The van der Waals surface area contributed by atoms with Gasteiger partial charge in [-0.2, -0.15) is 5.10 Å². The van der Waals surface area contributed by atoms with E-state index in [4.69, 9.17) is 18.9 Å². The van der Waals surface area contributed by atoms with Crippen LogP contribution in [0, 0.1) is 0 Å². The maximum Gasteiger partial charge on any atom is 0.357 e. The van der Waals surface area contributed by atoms with Gasteiger partial charge in [-0.1, -0.05) is 34.1 Å². The molecule has 1 aromatic heterocycles. The number of carbonyl (C=O) groups excluding carboxylic acids is 3. The standard InChI is InChI=1S/C28H24BrN3O7/c1-36-22-15-17(9-14-21(22)39-16-23(33)30-19-12-10-18(29)11-13-19)25-24(27(34)37-2)26(28(35)38-3)32(31-25)20-7-5-4-6-8-20/h4-15H,16H2,1-3H3,(H,30,33). The number of aromatic nitrogens is 2. The molecule has 1 heterocycles. The number of amides is 1. The van der Waals surface area contributed by atoms with Crippen molar-refractivity contribution in [3.8, 4) is 28.4 Å². The lowest BCUT2D eigenvalue weighted by Crippen LogP contribution is -2.20. The Morgan fingerprint density at radius 1 is 0.872 bits per heavy atom. The van der Waals surface area contributed by atoms with Crippen LogP contribution in [0.15, 0.2) is 77.3 Å². The first kappa shape index (κ1) is 27.4. The zero-order chi connectivity index (χ0) is 27.9. The highest BCUT2D eigenvalue weighted by molar-refractivity contribution is 9.10. The van der Waals surface area contributed by atoms with Gasteiger partial charge >= 0.3 is 11.9 Å². The van der Waals surface area contributed by atoms with Crippen LogP contribution >= 0.6 is 15.9 Å². The van der Waals surface area contributed by atoms with Gasteiger partial charge in [-0.25, -0.2) is 14.3 Å². The largest absolute Gasteiger partial charge is 0.493 e. The average Bonchev–Trinajstić information content (AvgIpc) is 3.37. The Morgan fingerprint density at radius 2 is 1.56 bits per heavy atom. The van der Waals surface area contributed by atoms with E-state index in [2.05, 4.69) is 26.3 Å². The molecular weight excluding hydrogens is 570 g/mol. The summed E-state index contributed by atoms with van der Waals surface area (Å²) in [4.78, 5) is 38.0. The molecule has 0 saturated carbocycles. The van der Waals surface area contributed by atoms with E-state index in [1.165, 1.54) is 26.0 Å². The van der Waals surface area contributed by atoms with Crippen LogP contribution in [0.25, 0.3) is 16.9 Å². The molecule has 0 unspecified atom stereocenters. The number of anilines is 1. The summed E-state index contributed by atoms with van der Waals surface area (Å²) in [5.74, 6) is -1.31. The zero-order valence-electron chi connectivity index (χ0n) is 21.3. The first-order chi connectivity index (χ1) is 18.9. The lowest BCUT2D eigenvalue weighted by atomic mass is 10.0. The van der Waals surface area contributed by atoms with Crippen LogP contribution < -0.4 is 14.8 Å². The molecule has 10 nitrogen and oxygen atoms in total. The summed E-state index contributed by atoms with van der Waals surface area (Å²) in [7, 11) is 3.87. The normalized spacial score (nSPS) is 10.5. The van der Waals surface area contributed by atoms with Crippen LogP contribution in [0.1, 0.15) is 20.8 Å². The molecule has 0 atom stereocenters. The monoisotopic (exact) mass is 593 g/mol. The van der Waals surface area contributed by atoms with Crippen molar-refractivity contribution < 1.29 is 33.3 Å². The molecule has 0 spiro atoms. The van der Waals surface area contributed by atoms with E-state index in [9.17, 15) is 14.4 Å². The highest BCUT2D eigenvalue weighted by Gasteiger charge is 2.31. The molecule has 200 valence electrons. The van der Waals surface area contributed by atoms with E-state index < -0.39 is 11.9 Å². The molecule has 11 heteroatoms. The number of halogens is 1. The maximum atomic E-state index is 12.9. The Morgan fingerprint density at radius 3 is 2.21 bits per heavy atom. The second-order valence-electron chi connectivity index (χ2n) is 8.01. The minimum atomic E-state index is -0.767. The molecule has 0 fully saturated rings. The smallest absolute Gasteiger partial charge is 0.357 e. The van der Waals surface area contributed by atoms with E-state index >= 15 is 0 Å². The van der Waals surface area contributed by atoms with Gasteiger partial charge in [0.25, 0.3) is 5.91 Å². The Hall–Kier alpha value is -4.64. The fraction of sp³-hybridized carbons (Fsp3) is 0.143. The lowest BCUT2D eigenvalue weighted by Gasteiger charge is -2.12. The van der Waals surface area contributed by atoms with Crippen molar-refractivity contribution in [3.05, 3.63) is 88.5 Å². The van der Waals surface area contributed by atoms with Gasteiger partial charge in [0, 0.05) is 15.7 Å². The number of methoxy groups -OCH3 is 3. The summed E-state index contributed by atoms with van der Waals surface area (Å²) < 4.78 is 23.3. The molecule has 0 aliphatic rings. The summed E-state index contributed by atoms with van der Waals surface area (Å²) in [6.07, 6.45) is 0. The van der Waals surface area contributed by atoms with Crippen molar-refractivity contribution in [1.82, 2.24) is 9.78 Å². The Bertz CT molecular complexity index is 1500. The van der Waals surface area contributed by atoms with Crippen LogP contribution in [-0.4, -0.2) is 55.6 Å². The first-order valence-corrected chi connectivity index (χ1v) is 12.4. The van der Waals surface area contributed by atoms with Gasteiger partial charge in [0.05, 0.1) is 27.0 Å². The third kappa shape index (κ3) is 6.10. The van der Waals surface area contributed by atoms with E-state index in [0.29, 0.717) is 22.7 Å². The van der Waals surface area contributed by atoms with Crippen LogP contribution in [0.3, 0.4) is 0 Å². The fourth-order valence-electron chi connectivity index (χ4n) is 3.76. The van der Waals surface area contributed by atoms with E-state index in [1.54, 1.807) is 54.6 Å². The number of hydrogen-bond donors (Lipinski definition) is 1. The number of esters is 2. The van der Waals surface area contributed by atoms with Gasteiger partial charge in [0.2, 0.25) is 0 Å². The van der Waals surface area contributed by atoms with Gasteiger partial charge < -0.3 is 24.3 Å². The summed E-state index contributed by atoms with van der Waals surface area (Å²) in [5.41, 5.74) is 1.62. The number of carbonyl (C=O) groups is 3. The van der Waals surface area contributed by atoms with E-state index in [-0.39, 0.29) is 35.2 Å². The van der Waals surface area contributed by atoms with E-state index in [1.807, 2.05) is 18.2 Å². The quantitative estimate of drug-likeness (QED) is 0.272. The molecule has 3 aromatic carbocycles. The maximum absolute atomic E-state index is 12.9. The van der Waals surface area contributed by atoms with Crippen molar-refractivity contribution in [3.63, 3.8) is 0 Å². The molecule has 1 N–H and O–H groups in total. The zero-order valence-corrected chi connectivity index (χ0v) is 22.9. The third-order valence-electron chi connectivity index (χ3n) is 5.58. The Labute approximate surface area is 232 Å². The molecule has 4 aromatic rings. The van der Waals surface area contributed by atoms with Gasteiger partial charge in [0.15, 0.2) is 23.8 Å². The number of para-hydroxylation sites is 1. The molecule has 4 rings (SSSR count). The molecule has 39 heavy (non-hydrogen) atoms. The molecule has 0 radical (unpaired) electrons. The molecule has 0 aliphatic heterocycles. The summed E-state index contributed by atoms with van der Waals surface area (Å²) in [6, 6.07) is 20.8. The number of hydrogen-bond acceptors (Lipinski definition) is 8. The summed E-state index contributed by atoms with van der Waals surface area (Å²) in [5, 5.41) is 7.32. The minimum Gasteiger partial charge on any atom is -0.493 e. The van der Waals surface area contributed by atoms with Crippen molar-refractivity contribution >= 4 is 39.5 Å². The second-order valence-corrected chi connectivity index (χ2v) is 8.93. The Kier molecular flexibility index (Phi) is 8.62. The highest BCUT2D eigenvalue weighted by atomic mass is 79.9. The summed E-state index contributed by atoms with van der Waals surface area (Å²) >= 11 is 3.35. The second kappa shape index (κ2) is 12.3. The minimum absolute atomic E-state index is 0.0715. The van der Waals surface area contributed by atoms with Gasteiger partial charge in [-0.05, 0) is 54.6 Å². The predicted octanol–water partition coefficient (Wildman–Crippen LogP) is 4.90.